The lowest BCUT2D eigenvalue weighted by molar-refractivity contribution is -0.697. The van der Waals surface area contributed by atoms with Gasteiger partial charge in [-0.2, -0.15) is 0 Å². The molecule has 0 aromatic heterocycles. The number of carboxylic acids is 1. The van der Waals surface area contributed by atoms with Crippen LogP contribution in [0.25, 0.3) is 0 Å². The Morgan fingerprint density at radius 2 is 2.50 bits per heavy atom. The summed E-state index contributed by atoms with van der Waals surface area (Å²) in [4.78, 5) is 10.1. The molecule has 0 bridgehead atoms. The van der Waals surface area contributed by atoms with Gasteiger partial charge in [0.05, 0.1) is 17.5 Å². The van der Waals surface area contributed by atoms with Crippen LogP contribution in [0.4, 0.5) is 0 Å². The minimum atomic E-state index is -1.46. The van der Waals surface area contributed by atoms with Crippen LogP contribution in [0.3, 0.4) is 0 Å². The lowest BCUT2D eigenvalue weighted by atomic mass is 10.4. The summed E-state index contributed by atoms with van der Waals surface area (Å²) in [6.45, 7) is 0.177. The second-order valence-electron chi connectivity index (χ2n) is 2.13. The number of carboxylic acid groups (broad SMARTS) is 1. The van der Waals surface area contributed by atoms with Crippen LogP contribution in [0.15, 0.2) is 17.1 Å². The zero-order valence-corrected chi connectivity index (χ0v) is 6.01. The molecule has 7 nitrogen and oxygen atoms in total. The van der Waals surface area contributed by atoms with Crippen LogP contribution in [0, 0.1) is 5.21 Å². The molecule has 7 heteroatoms. The summed E-state index contributed by atoms with van der Waals surface area (Å²) in [5.74, 6) is -1.46. The molecule has 0 unspecified atom stereocenters. The molecular weight excluding hydrogens is 166 g/mol. The highest BCUT2D eigenvalue weighted by atomic mass is 16.6. The van der Waals surface area contributed by atoms with Crippen LogP contribution in [0.1, 0.15) is 6.42 Å². The van der Waals surface area contributed by atoms with Crippen molar-refractivity contribution < 1.29 is 20.1 Å². The Morgan fingerprint density at radius 3 is 3.00 bits per heavy atom. The Labute approximate surface area is 67.3 Å². The zero-order valence-electron chi connectivity index (χ0n) is 6.01. The number of aliphatic carboxylic acids is 1. The summed E-state index contributed by atoms with van der Waals surface area (Å²) in [7, 11) is 0. The van der Waals surface area contributed by atoms with Gasteiger partial charge in [0.1, 0.15) is 5.70 Å². The fraction of sp³-hybridized carbons (Fsp3) is 0.400. The third kappa shape index (κ3) is 1.29. The maximum absolute atomic E-state index is 10.6. The first-order valence-corrected chi connectivity index (χ1v) is 3.18. The van der Waals surface area contributed by atoms with Crippen LogP contribution < -0.4 is 5.11 Å². The Balaban J connectivity index is 2.82. The van der Waals surface area contributed by atoms with Gasteiger partial charge in [0.25, 0.3) is 0 Å². The number of hydrogen-bond acceptors (Lipinski definition) is 4. The summed E-state index contributed by atoms with van der Waals surface area (Å²) in [6, 6.07) is 0. The number of carbonyl (C=O) groups is 1. The van der Waals surface area contributed by atoms with Gasteiger partial charge >= 0.3 is 0 Å². The molecule has 1 N–H and O–H groups in total. The topological polar surface area (TPSA) is 102 Å². The lowest BCUT2D eigenvalue weighted by Gasteiger charge is -2.14. The van der Waals surface area contributed by atoms with Crippen molar-refractivity contribution in [2.24, 2.45) is 5.28 Å². The molecule has 0 aromatic carbocycles. The van der Waals surface area contributed by atoms with Gasteiger partial charge in [0.2, 0.25) is 5.28 Å². The van der Waals surface area contributed by atoms with E-state index < -0.39 is 5.97 Å². The zero-order chi connectivity index (χ0) is 9.14. The van der Waals surface area contributed by atoms with E-state index in [1.54, 1.807) is 0 Å². The quantitative estimate of drug-likeness (QED) is 0.313. The molecule has 1 aliphatic heterocycles. The average molecular weight is 172 g/mol. The third-order valence-electron chi connectivity index (χ3n) is 1.45. The van der Waals surface area contributed by atoms with Gasteiger partial charge in [-0.05, 0) is 6.42 Å². The molecule has 0 radical (unpaired) electrons. The van der Waals surface area contributed by atoms with Crippen molar-refractivity contribution in [1.82, 2.24) is 5.01 Å². The van der Waals surface area contributed by atoms with Gasteiger partial charge in [0, 0.05) is 0 Å². The number of nitrogens with zero attached hydrogens (tertiary/aromatic N) is 3. The van der Waals surface area contributed by atoms with Crippen LogP contribution >= 0.6 is 0 Å². The van der Waals surface area contributed by atoms with Crippen LogP contribution in [0.5, 0.6) is 0 Å². The summed E-state index contributed by atoms with van der Waals surface area (Å²) < 4.78 is 0. The molecule has 0 fully saturated rings. The van der Waals surface area contributed by atoms with Crippen LogP contribution in [-0.4, -0.2) is 27.7 Å². The summed E-state index contributed by atoms with van der Waals surface area (Å²) in [6.07, 6.45) is 1.74. The minimum Gasteiger partial charge on any atom is -0.569 e. The second-order valence-corrected chi connectivity index (χ2v) is 2.13. The van der Waals surface area contributed by atoms with E-state index in [1.807, 2.05) is 0 Å². The highest BCUT2D eigenvalue weighted by molar-refractivity contribution is 5.84. The van der Waals surface area contributed by atoms with Crippen LogP contribution in [-0.2, 0) is 4.79 Å². The van der Waals surface area contributed by atoms with Gasteiger partial charge in [-0.3, -0.25) is 0 Å². The highest BCUT2D eigenvalue weighted by Crippen LogP contribution is 2.13. The maximum Gasteiger partial charge on any atom is 0.231 e. The van der Waals surface area contributed by atoms with Crippen molar-refractivity contribution in [3.63, 3.8) is 0 Å². The van der Waals surface area contributed by atoms with E-state index in [4.69, 9.17) is 5.21 Å². The van der Waals surface area contributed by atoms with E-state index in [0.717, 1.165) is 5.01 Å². The van der Waals surface area contributed by atoms with E-state index in [0.29, 0.717) is 6.42 Å². The molecule has 0 atom stereocenters. The fourth-order valence-corrected chi connectivity index (χ4v) is 0.964. The number of hydrazine groups is 1. The van der Waals surface area contributed by atoms with Gasteiger partial charge in [-0.15, -0.1) is 5.01 Å². The van der Waals surface area contributed by atoms with E-state index in [1.165, 1.54) is 6.08 Å². The van der Waals surface area contributed by atoms with E-state index >= 15 is 0 Å². The summed E-state index contributed by atoms with van der Waals surface area (Å²) in [5.41, 5.74) is -0.275. The Hall–Kier alpha value is -1.79. The fourth-order valence-electron chi connectivity index (χ4n) is 0.964. The van der Waals surface area contributed by atoms with Crippen molar-refractivity contribution in [2.75, 3.05) is 6.54 Å². The summed E-state index contributed by atoms with van der Waals surface area (Å²) >= 11 is 0. The van der Waals surface area contributed by atoms with Crippen molar-refractivity contribution in [3.8, 4) is 0 Å². The van der Waals surface area contributed by atoms with E-state index in [-0.39, 0.29) is 17.2 Å². The maximum atomic E-state index is 10.6. The molecule has 0 spiro atoms. The van der Waals surface area contributed by atoms with E-state index in [9.17, 15) is 15.1 Å². The molecule has 0 aliphatic carbocycles. The monoisotopic (exact) mass is 172 g/mol. The molecular formula is C5H6N3O4-. The molecule has 1 rings (SSSR count). The molecule has 0 saturated carbocycles. The van der Waals surface area contributed by atoms with Crippen molar-refractivity contribution in [1.29, 1.82) is 0 Å². The normalized spacial score (nSPS) is 17.8. The molecule has 12 heavy (non-hydrogen) atoms. The number of hydrogen-bond donors (Lipinski definition) is 1. The first-order valence-electron chi connectivity index (χ1n) is 3.18. The van der Waals surface area contributed by atoms with Crippen molar-refractivity contribution >= 4 is 5.97 Å². The van der Waals surface area contributed by atoms with Gasteiger partial charge in [0.15, 0.2) is 0 Å². The first-order chi connectivity index (χ1) is 5.66. The van der Waals surface area contributed by atoms with Crippen molar-refractivity contribution in [3.05, 3.63) is 17.0 Å². The number of rotatable bonds is 2. The Morgan fingerprint density at radius 1 is 1.83 bits per heavy atom. The minimum absolute atomic E-state index is 0.177. The molecule has 0 aromatic rings. The first kappa shape index (κ1) is 8.31. The predicted octanol–water partition coefficient (Wildman–Crippen LogP) is -1.41. The smallest absolute Gasteiger partial charge is 0.231 e. The summed E-state index contributed by atoms with van der Waals surface area (Å²) in [5, 5.41) is 32.0. The molecule has 66 valence electrons. The molecule has 1 aliphatic rings. The third-order valence-corrected chi connectivity index (χ3v) is 1.45. The van der Waals surface area contributed by atoms with Gasteiger partial charge < -0.3 is 20.3 Å². The standard InChI is InChI=1S/C5H7N3O4/c9-5(10)4-2-1-3-7(4)8(12)6-11/h2,11H,1,3H2,(H,9,10)/p-1. The van der Waals surface area contributed by atoms with Crippen molar-refractivity contribution in [2.45, 2.75) is 6.42 Å². The van der Waals surface area contributed by atoms with Crippen LogP contribution in [0.2, 0.25) is 0 Å². The SMILES string of the molecule is O=C([O-])C1=CCCN1[N+]([O-])=NO. The average Bonchev–Trinajstić information content (AvgIpc) is 2.50. The lowest BCUT2D eigenvalue weighted by Crippen LogP contribution is -2.37. The van der Waals surface area contributed by atoms with E-state index in [2.05, 4.69) is 5.28 Å². The van der Waals surface area contributed by atoms with Gasteiger partial charge in [-0.1, -0.05) is 6.08 Å². The predicted molar refractivity (Wildman–Crippen MR) is 32.3 cm³/mol. The number of carbonyl (C=O) groups excluding carboxylic acids is 1. The second kappa shape index (κ2) is 3.07. The highest BCUT2D eigenvalue weighted by Gasteiger charge is 2.23. The Kier molecular flexibility index (Phi) is 2.13. The molecule has 1 heterocycles. The largest absolute Gasteiger partial charge is 0.569 e. The molecule has 0 saturated heterocycles. The van der Waals surface area contributed by atoms with Gasteiger partial charge in [-0.25, -0.2) is 0 Å². The Bertz CT molecular complexity index is 259. The molecule has 0 amide bonds.